The Morgan fingerprint density at radius 1 is 1.71 bits per heavy atom. The summed E-state index contributed by atoms with van der Waals surface area (Å²) in [5.41, 5.74) is 7.45. The molecule has 0 saturated heterocycles. The zero-order valence-electron chi connectivity index (χ0n) is 8.25. The molecule has 0 radical (unpaired) electrons. The lowest BCUT2D eigenvalue weighted by Crippen LogP contribution is -2.20. The van der Waals surface area contributed by atoms with Crippen molar-refractivity contribution >= 4 is 5.70 Å². The quantitative estimate of drug-likeness (QED) is 0.655. The van der Waals surface area contributed by atoms with E-state index in [1.54, 1.807) is 19.2 Å². The molecule has 0 bridgehead atoms. The number of rotatable bonds is 4. The highest BCUT2D eigenvalue weighted by Crippen LogP contribution is 2.17. The number of aryl methyl sites for hydroxylation is 1. The molecule has 0 spiro atoms. The zero-order valence-corrected chi connectivity index (χ0v) is 8.25. The van der Waals surface area contributed by atoms with Crippen molar-refractivity contribution in [3.63, 3.8) is 0 Å². The number of hydrogen-bond acceptors (Lipinski definition) is 4. The van der Waals surface area contributed by atoms with Crippen LogP contribution in [0.4, 0.5) is 0 Å². The highest BCUT2D eigenvalue weighted by atomic mass is 16.3. The minimum absolute atomic E-state index is 0.179. The van der Waals surface area contributed by atoms with Gasteiger partial charge in [0, 0.05) is 30.5 Å². The Kier molecular flexibility index (Phi) is 3.48. The molecule has 4 N–H and O–H groups in total. The summed E-state index contributed by atoms with van der Waals surface area (Å²) in [7, 11) is 0. The predicted octanol–water partition coefficient (Wildman–Crippen LogP) is 0.615. The van der Waals surface area contributed by atoms with E-state index in [-0.39, 0.29) is 5.75 Å². The highest BCUT2D eigenvalue weighted by molar-refractivity contribution is 5.62. The number of nitrogens with two attached hydrogens (primary N) is 1. The molecule has 0 unspecified atom stereocenters. The molecule has 0 saturated carbocycles. The average Bonchev–Trinajstić information content (AvgIpc) is 2.18. The van der Waals surface area contributed by atoms with Gasteiger partial charge in [-0.1, -0.05) is 6.58 Å². The second kappa shape index (κ2) is 4.62. The van der Waals surface area contributed by atoms with Gasteiger partial charge in [0.1, 0.15) is 5.75 Å². The second-order valence-electron chi connectivity index (χ2n) is 3.02. The molecule has 1 heterocycles. The molecular weight excluding hydrogens is 178 g/mol. The molecule has 4 nitrogen and oxygen atoms in total. The van der Waals surface area contributed by atoms with Crippen molar-refractivity contribution in [3.05, 3.63) is 30.1 Å². The highest BCUT2D eigenvalue weighted by Gasteiger charge is 2.02. The third kappa shape index (κ3) is 2.47. The summed E-state index contributed by atoms with van der Waals surface area (Å²) in [5.74, 6) is 0.179. The summed E-state index contributed by atoms with van der Waals surface area (Å²) >= 11 is 0. The summed E-state index contributed by atoms with van der Waals surface area (Å²) < 4.78 is 0. The van der Waals surface area contributed by atoms with Crippen LogP contribution in [0.15, 0.2) is 18.8 Å². The van der Waals surface area contributed by atoms with Crippen molar-refractivity contribution in [2.24, 2.45) is 5.73 Å². The molecule has 1 rings (SSSR count). The van der Waals surface area contributed by atoms with Crippen LogP contribution < -0.4 is 11.1 Å². The van der Waals surface area contributed by atoms with Crippen LogP contribution in [0.25, 0.3) is 5.70 Å². The number of nitrogens with one attached hydrogen (secondary N) is 1. The summed E-state index contributed by atoms with van der Waals surface area (Å²) in [6.07, 6.45) is 1.67. The molecule has 0 fully saturated rings. The Balaban J connectivity index is 2.76. The number of nitrogens with zero attached hydrogens (tertiary/aromatic N) is 1. The van der Waals surface area contributed by atoms with E-state index in [1.807, 2.05) is 0 Å². The van der Waals surface area contributed by atoms with Crippen LogP contribution in [-0.2, 0) is 0 Å². The molecule has 0 aromatic carbocycles. The number of pyridine rings is 1. The zero-order chi connectivity index (χ0) is 10.6. The largest absolute Gasteiger partial charge is 0.506 e. The maximum absolute atomic E-state index is 9.42. The Labute approximate surface area is 83.5 Å². The first-order valence-electron chi connectivity index (χ1n) is 4.44. The molecule has 0 aliphatic heterocycles. The molecule has 4 heteroatoms. The lowest BCUT2D eigenvalue weighted by Gasteiger charge is -2.08. The molecule has 1 aromatic rings. The van der Waals surface area contributed by atoms with Gasteiger partial charge in [-0.25, -0.2) is 0 Å². The van der Waals surface area contributed by atoms with Crippen molar-refractivity contribution in [3.8, 4) is 5.75 Å². The van der Waals surface area contributed by atoms with Gasteiger partial charge in [0.05, 0.1) is 5.69 Å². The number of aromatic nitrogens is 1. The minimum atomic E-state index is 0.179. The monoisotopic (exact) mass is 193 g/mol. The number of aromatic hydroxyl groups is 1. The van der Waals surface area contributed by atoms with E-state index >= 15 is 0 Å². The molecule has 0 aliphatic carbocycles. The van der Waals surface area contributed by atoms with Crippen LogP contribution in [0.2, 0.25) is 0 Å². The lowest BCUT2D eigenvalue weighted by molar-refractivity contribution is 0.467. The van der Waals surface area contributed by atoms with Gasteiger partial charge in [-0.15, -0.1) is 0 Å². The molecule has 14 heavy (non-hydrogen) atoms. The van der Waals surface area contributed by atoms with Crippen LogP contribution >= 0.6 is 0 Å². The first kappa shape index (κ1) is 10.5. The fourth-order valence-electron chi connectivity index (χ4n) is 1.01. The van der Waals surface area contributed by atoms with Gasteiger partial charge < -0.3 is 16.2 Å². The van der Waals surface area contributed by atoms with E-state index in [4.69, 9.17) is 5.73 Å². The van der Waals surface area contributed by atoms with E-state index in [1.165, 1.54) is 0 Å². The third-order valence-electron chi connectivity index (χ3n) is 1.89. The Hall–Kier alpha value is -1.55. The van der Waals surface area contributed by atoms with Crippen LogP contribution in [0.1, 0.15) is 11.3 Å². The Morgan fingerprint density at radius 3 is 3.00 bits per heavy atom. The molecule has 0 atom stereocenters. The van der Waals surface area contributed by atoms with Crippen molar-refractivity contribution < 1.29 is 5.11 Å². The topological polar surface area (TPSA) is 71.2 Å². The maximum Gasteiger partial charge on any atom is 0.137 e. The van der Waals surface area contributed by atoms with Gasteiger partial charge in [0.25, 0.3) is 0 Å². The molecule has 0 amide bonds. The van der Waals surface area contributed by atoms with Crippen LogP contribution in [0.5, 0.6) is 5.75 Å². The molecule has 1 aromatic heterocycles. The second-order valence-corrected chi connectivity index (χ2v) is 3.02. The lowest BCUT2D eigenvalue weighted by atomic mass is 10.2. The van der Waals surface area contributed by atoms with Gasteiger partial charge in [-0.2, -0.15) is 0 Å². The van der Waals surface area contributed by atoms with Crippen LogP contribution in [0, 0.1) is 6.92 Å². The maximum atomic E-state index is 9.42. The fraction of sp³-hybridized carbons (Fsp3) is 0.300. The first-order chi connectivity index (χ1) is 6.65. The van der Waals surface area contributed by atoms with E-state index in [0.717, 1.165) is 11.3 Å². The van der Waals surface area contributed by atoms with E-state index in [9.17, 15) is 5.11 Å². The standard InChI is InChI=1S/C10H15N3O/c1-7(12-4-3-11)9-5-10(14)8(2)13-6-9/h5-6,12,14H,1,3-4,11H2,2H3. The third-order valence-corrected chi connectivity index (χ3v) is 1.89. The van der Waals surface area contributed by atoms with Crippen molar-refractivity contribution in [2.45, 2.75) is 6.92 Å². The normalized spacial score (nSPS) is 9.86. The average molecular weight is 193 g/mol. The fourth-order valence-corrected chi connectivity index (χ4v) is 1.01. The van der Waals surface area contributed by atoms with Crippen LogP contribution in [0.3, 0.4) is 0 Å². The minimum Gasteiger partial charge on any atom is -0.506 e. The molecular formula is C10H15N3O. The van der Waals surface area contributed by atoms with Crippen molar-refractivity contribution in [2.75, 3.05) is 13.1 Å². The van der Waals surface area contributed by atoms with Crippen molar-refractivity contribution in [1.82, 2.24) is 10.3 Å². The molecule has 76 valence electrons. The Morgan fingerprint density at radius 2 is 2.43 bits per heavy atom. The summed E-state index contributed by atoms with van der Waals surface area (Å²) in [6.45, 7) is 6.77. The van der Waals surface area contributed by atoms with E-state index in [2.05, 4.69) is 16.9 Å². The van der Waals surface area contributed by atoms with Crippen molar-refractivity contribution in [1.29, 1.82) is 0 Å². The van der Waals surface area contributed by atoms with Gasteiger partial charge in [-0.3, -0.25) is 4.98 Å². The SMILES string of the molecule is C=C(NCCN)c1cnc(C)c(O)c1. The summed E-state index contributed by atoms with van der Waals surface area (Å²) in [5, 5.41) is 12.4. The van der Waals surface area contributed by atoms with Gasteiger partial charge in [-0.05, 0) is 13.0 Å². The van der Waals surface area contributed by atoms with E-state index in [0.29, 0.717) is 18.8 Å². The summed E-state index contributed by atoms with van der Waals surface area (Å²) in [6, 6.07) is 1.63. The first-order valence-corrected chi connectivity index (χ1v) is 4.44. The van der Waals surface area contributed by atoms with Gasteiger partial charge >= 0.3 is 0 Å². The Bertz CT molecular complexity index is 336. The van der Waals surface area contributed by atoms with Gasteiger partial charge in [0.15, 0.2) is 0 Å². The van der Waals surface area contributed by atoms with E-state index < -0.39 is 0 Å². The molecule has 0 aliphatic rings. The predicted molar refractivity (Wildman–Crippen MR) is 56.7 cm³/mol. The smallest absolute Gasteiger partial charge is 0.137 e. The number of hydrogen-bond donors (Lipinski definition) is 3. The van der Waals surface area contributed by atoms with Gasteiger partial charge in [0.2, 0.25) is 0 Å². The summed E-state index contributed by atoms with van der Waals surface area (Å²) in [4.78, 5) is 4.03. The van der Waals surface area contributed by atoms with Crippen LogP contribution in [-0.4, -0.2) is 23.2 Å².